The van der Waals surface area contributed by atoms with E-state index in [0.29, 0.717) is 18.7 Å². The minimum atomic E-state index is -1.46. The van der Waals surface area contributed by atoms with Gasteiger partial charge in [-0.3, -0.25) is 5.32 Å². The molecule has 0 bridgehead atoms. The van der Waals surface area contributed by atoms with E-state index in [1.807, 2.05) is 0 Å². The molecule has 0 amide bonds. The molecule has 7 N–H and O–H groups in total. The van der Waals surface area contributed by atoms with Crippen LogP contribution >= 0.6 is 0 Å². The van der Waals surface area contributed by atoms with Crippen LogP contribution in [0.25, 0.3) is 0 Å². The summed E-state index contributed by atoms with van der Waals surface area (Å²) in [5.41, 5.74) is 0.857. The second-order valence-electron chi connectivity index (χ2n) is 9.67. The fourth-order valence-corrected chi connectivity index (χ4v) is 4.84. The Labute approximate surface area is 237 Å². The molecule has 0 radical (unpaired) electrons. The highest BCUT2D eigenvalue weighted by molar-refractivity contribution is 5.90. The molecule has 0 aromatic rings. The minimum Gasteiger partial charge on any atom is -0.477 e. The highest BCUT2D eigenvalue weighted by Crippen LogP contribution is 2.36. The maximum absolute atomic E-state index is 12.6. The molecule has 0 aromatic carbocycles. The van der Waals surface area contributed by atoms with E-state index >= 15 is 0 Å². The summed E-state index contributed by atoms with van der Waals surface area (Å²) in [7, 11) is 2.84. The topological polar surface area (TPSA) is 198 Å². The fraction of sp³-hybridized carbons (Fsp3) is 0.556. The molecule has 0 saturated carbocycles. The van der Waals surface area contributed by atoms with Crippen LogP contribution in [0.2, 0.25) is 0 Å². The molecule has 0 aromatic heterocycles. The maximum Gasteiger partial charge on any atom is 0.341 e. The summed E-state index contributed by atoms with van der Waals surface area (Å²) < 4.78 is 28.0. The lowest BCUT2D eigenvalue weighted by atomic mass is 9.83. The first kappa shape index (κ1) is 32.6. The van der Waals surface area contributed by atoms with Crippen LogP contribution in [-0.4, -0.2) is 122 Å². The number of carbonyl (C=O) groups is 2. The van der Waals surface area contributed by atoms with Gasteiger partial charge >= 0.3 is 11.9 Å². The van der Waals surface area contributed by atoms with Gasteiger partial charge in [-0.15, -0.1) is 6.58 Å². The van der Waals surface area contributed by atoms with E-state index in [4.69, 9.17) is 23.7 Å². The molecule has 9 atom stereocenters. The molecule has 0 aliphatic carbocycles. The Morgan fingerprint density at radius 1 is 1.24 bits per heavy atom. The molecule has 14 nitrogen and oxygen atoms in total. The highest BCUT2D eigenvalue weighted by atomic mass is 16.8. The number of aliphatic carboxylic acids is 1. The van der Waals surface area contributed by atoms with Crippen LogP contribution in [-0.2, 0) is 33.3 Å². The minimum absolute atomic E-state index is 0.00714. The number of carbonyl (C=O) groups excluding carboxylic acids is 1. The number of carboxylic acids is 1. The van der Waals surface area contributed by atoms with Crippen LogP contribution in [0.1, 0.15) is 0 Å². The van der Waals surface area contributed by atoms with E-state index in [2.05, 4.69) is 11.9 Å². The monoisotopic (exact) mass is 583 g/mol. The van der Waals surface area contributed by atoms with Gasteiger partial charge in [-0.25, -0.2) is 9.59 Å². The van der Waals surface area contributed by atoms with Crippen LogP contribution in [0.15, 0.2) is 60.1 Å². The standard InChI is InChI=1S/C27H38N2O12/c1-4-17-18(6-5-15-9-16(24(34)35)11-29(10-15)7-8-30)19(25(36)37-3)13-38-26(17)41-27-23(39-14-28-2)22(33)21(32)20(12-31)40-27/h4-6,9,11,13,17-18,20-23,26-28,30-33H,1,7-8,10,12,14H2,2-3H3,(H,34,35)/p+1/b6-5+/t17-,18+,20-,21-,22+,23-,26+,27+/m1/s1. The van der Waals surface area contributed by atoms with Gasteiger partial charge in [0.2, 0.25) is 6.29 Å². The summed E-state index contributed by atoms with van der Waals surface area (Å²) in [6.07, 6.45) is 1.49. The molecule has 1 fully saturated rings. The zero-order valence-corrected chi connectivity index (χ0v) is 22.9. The van der Waals surface area contributed by atoms with Gasteiger partial charge in [0.15, 0.2) is 6.29 Å². The van der Waals surface area contributed by atoms with E-state index in [1.165, 1.54) is 31.7 Å². The average molecular weight is 584 g/mol. The number of quaternary nitrogens is 1. The number of allylic oxidation sites excluding steroid dienone is 1. The molecule has 0 spiro atoms. The van der Waals surface area contributed by atoms with E-state index in [0.717, 1.165) is 4.90 Å². The van der Waals surface area contributed by atoms with Crippen molar-refractivity contribution in [3.8, 4) is 0 Å². The molecule has 3 heterocycles. The van der Waals surface area contributed by atoms with Gasteiger partial charge in [-0.1, -0.05) is 18.2 Å². The quantitative estimate of drug-likeness (QED) is 0.0666. The Bertz CT molecular complexity index is 1060. The van der Waals surface area contributed by atoms with Crippen LogP contribution < -0.4 is 10.2 Å². The number of aliphatic hydroxyl groups excluding tert-OH is 4. The molecule has 3 aliphatic rings. The predicted molar refractivity (Wildman–Crippen MR) is 141 cm³/mol. The smallest absolute Gasteiger partial charge is 0.341 e. The van der Waals surface area contributed by atoms with Crippen molar-refractivity contribution in [2.45, 2.75) is 37.0 Å². The number of nitrogens with one attached hydrogen (secondary N) is 2. The summed E-state index contributed by atoms with van der Waals surface area (Å²) in [6, 6.07) is 0. The second kappa shape index (κ2) is 15.3. The maximum atomic E-state index is 12.6. The van der Waals surface area contributed by atoms with Gasteiger partial charge in [0.25, 0.3) is 0 Å². The fourth-order valence-electron chi connectivity index (χ4n) is 4.84. The second-order valence-corrected chi connectivity index (χ2v) is 9.67. The van der Waals surface area contributed by atoms with Crippen molar-refractivity contribution in [2.24, 2.45) is 11.8 Å². The number of esters is 1. The number of methoxy groups -OCH3 is 1. The van der Waals surface area contributed by atoms with Gasteiger partial charge in [-0.2, -0.15) is 0 Å². The first-order valence-electron chi connectivity index (χ1n) is 13.1. The van der Waals surface area contributed by atoms with Crippen molar-refractivity contribution < 1.29 is 63.7 Å². The lowest BCUT2D eigenvalue weighted by Gasteiger charge is -2.44. The lowest BCUT2D eigenvalue weighted by molar-refractivity contribution is -0.842. The van der Waals surface area contributed by atoms with Crippen molar-refractivity contribution in [2.75, 3.05) is 47.2 Å². The number of ether oxygens (including phenoxy) is 5. The van der Waals surface area contributed by atoms with Gasteiger partial charge in [0.1, 0.15) is 49.3 Å². The van der Waals surface area contributed by atoms with Crippen molar-refractivity contribution in [3.05, 3.63) is 60.1 Å². The Kier molecular flexibility index (Phi) is 12.2. The Morgan fingerprint density at radius 3 is 2.61 bits per heavy atom. The summed E-state index contributed by atoms with van der Waals surface area (Å²) >= 11 is 0. The Hall–Kier alpha value is -2.92. The van der Waals surface area contributed by atoms with Gasteiger partial charge in [0.05, 0.1) is 44.8 Å². The zero-order valence-electron chi connectivity index (χ0n) is 22.9. The predicted octanol–water partition coefficient (Wildman–Crippen LogP) is -2.82. The summed E-state index contributed by atoms with van der Waals surface area (Å²) in [4.78, 5) is 25.0. The summed E-state index contributed by atoms with van der Waals surface area (Å²) in [6.45, 7) is 3.85. The van der Waals surface area contributed by atoms with E-state index in [9.17, 15) is 35.1 Å². The zero-order chi connectivity index (χ0) is 30.1. The molecule has 1 saturated heterocycles. The highest BCUT2D eigenvalue weighted by Gasteiger charge is 2.48. The van der Waals surface area contributed by atoms with Gasteiger partial charge < -0.3 is 54.1 Å². The van der Waals surface area contributed by atoms with E-state index in [1.54, 1.807) is 19.2 Å². The molecule has 1 unspecified atom stereocenters. The van der Waals surface area contributed by atoms with Crippen molar-refractivity contribution in [3.63, 3.8) is 0 Å². The third-order valence-corrected chi connectivity index (χ3v) is 6.95. The number of hydrogen-bond donors (Lipinski definition) is 7. The Morgan fingerprint density at radius 2 is 2.00 bits per heavy atom. The third-order valence-electron chi connectivity index (χ3n) is 6.95. The average Bonchev–Trinajstić information content (AvgIpc) is 2.97. The van der Waals surface area contributed by atoms with Gasteiger partial charge in [0, 0.05) is 11.5 Å². The SMILES string of the molecule is C=C[C@H]1[C@H](O[C@@H]2O[C@H](CO)[C@@H](O)[C@H](O)[C@H]2OCNC)OC=C(C(=O)OC)[C@H]1/C=C/C1=CC(C(=O)O)=C[NH+](CCO)C1. The van der Waals surface area contributed by atoms with E-state index in [-0.39, 0.29) is 24.5 Å². The molecular formula is C27H39N2O12+. The van der Waals surface area contributed by atoms with Crippen molar-refractivity contribution in [1.29, 1.82) is 0 Å². The van der Waals surface area contributed by atoms with Crippen molar-refractivity contribution >= 4 is 11.9 Å². The first-order chi connectivity index (χ1) is 19.7. The molecule has 3 aliphatic heterocycles. The molecule has 14 heteroatoms. The summed E-state index contributed by atoms with van der Waals surface area (Å²) in [5.74, 6) is -3.19. The largest absolute Gasteiger partial charge is 0.477 e. The first-order valence-corrected chi connectivity index (χ1v) is 13.1. The molecule has 41 heavy (non-hydrogen) atoms. The van der Waals surface area contributed by atoms with E-state index < -0.39 is 67.4 Å². The van der Waals surface area contributed by atoms with Crippen molar-refractivity contribution in [1.82, 2.24) is 5.32 Å². The number of carboxylic acid groups (broad SMARTS) is 1. The van der Waals surface area contributed by atoms with Gasteiger partial charge in [-0.05, 0) is 13.1 Å². The molecular weight excluding hydrogens is 544 g/mol. The molecule has 228 valence electrons. The molecule has 3 rings (SSSR count). The van der Waals surface area contributed by atoms with Crippen LogP contribution in [0.3, 0.4) is 0 Å². The lowest BCUT2D eigenvalue weighted by Crippen LogP contribution is -3.08. The normalized spacial score (nSPS) is 33.8. The van der Waals surface area contributed by atoms with Crippen LogP contribution in [0.5, 0.6) is 0 Å². The van der Waals surface area contributed by atoms with Crippen LogP contribution in [0, 0.1) is 11.8 Å². The number of aliphatic hydroxyl groups is 4. The Balaban J connectivity index is 1.91. The summed E-state index contributed by atoms with van der Waals surface area (Å²) in [5, 5.41) is 52.2. The third kappa shape index (κ3) is 7.88. The number of rotatable bonds is 13. The van der Waals surface area contributed by atoms with Crippen LogP contribution in [0.4, 0.5) is 0 Å². The number of hydrogen-bond acceptors (Lipinski definition) is 12.